The molecule has 6 heteroatoms. The molecule has 0 radical (unpaired) electrons. The van der Waals surface area contributed by atoms with Crippen molar-refractivity contribution in [3.05, 3.63) is 53.6 Å². The van der Waals surface area contributed by atoms with Crippen LogP contribution in [0.4, 0.5) is 0 Å². The molecule has 0 aliphatic heterocycles. The first-order chi connectivity index (χ1) is 9.61. The Morgan fingerprint density at radius 1 is 1.40 bits per heavy atom. The molecule has 0 atom stereocenters. The van der Waals surface area contributed by atoms with Gasteiger partial charge in [0.15, 0.2) is 5.84 Å². The van der Waals surface area contributed by atoms with Crippen LogP contribution in [0.2, 0.25) is 0 Å². The van der Waals surface area contributed by atoms with Crippen LogP contribution in [0.1, 0.15) is 17.0 Å². The van der Waals surface area contributed by atoms with Crippen LogP contribution in [-0.4, -0.2) is 32.5 Å². The topological polar surface area (TPSA) is 79.7 Å². The van der Waals surface area contributed by atoms with Crippen LogP contribution in [0.5, 0.6) is 0 Å². The summed E-state index contributed by atoms with van der Waals surface area (Å²) < 4.78 is 1.99. The van der Waals surface area contributed by atoms with Crippen molar-refractivity contribution < 1.29 is 5.21 Å². The monoisotopic (exact) mass is 273 g/mol. The van der Waals surface area contributed by atoms with Crippen LogP contribution in [0, 0.1) is 0 Å². The number of hydrogen-bond donors (Lipinski definition) is 2. The second-order valence-electron chi connectivity index (χ2n) is 4.77. The van der Waals surface area contributed by atoms with Gasteiger partial charge in [-0.15, -0.1) is 0 Å². The van der Waals surface area contributed by atoms with Gasteiger partial charge in [-0.25, -0.2) is 4.98 Å². The summed E-state index contributed by atoms with van der Waals surface area (Å²) >= 11 is 0. The second-order valence-corrected chi connectivity index (χ2v) is 4.77. The van der Waals surface area contributed by atoms with Crippen LogP contribution in [0.25, 0.3) is 0 Å². The zero-order chi connectivity index (χ0) is 14.5. The summed E-state index contributed by atoms with van der Waals surface area (Å²) in [5, 5.41) is 11.9. The smallest absolute Gasteiger partial charge is 0.170 e. The molecule has 1 heterocycles. The van der Waals surface area contributed by atoms with Crippen molar-refractivity contribution in [1.82, 2.24) is 14.5 Å². The first-order valence-electron chi connectivity index (χ1n) is 6.32. The molecule has 1 aromatic heterocycles. The molecule has 3 N–H and O–H groups in total. The van der Waals surface area contributed by atoms with Gasteiger partial charge >= 0.3 is 0 Å². The number of hydrogen-bond acceptors (Lipinski definition) is 4. The van der Waals surface area contributed by atoms with Crippen molar-refractivity contribution in [1.29, 1.82) is 0 Å². The lowest BCUT2D eigenvalue weighted by atomic mass is 10.1. The number of amidine groups is 1. The van der Waals surface area contributed by atoms with Crippen molar-refractivity contribution >= 4 is 5.84 Å². The highest BCUT2D eigenvalue weighted by molar-refractivity contribution is 5.98. The van der Waals surface area contributed by atoms with E-state index in [1.807, 2.05) is 49.1 Å². The molecule has 0 spiro atoms. The fourth-order valence-corrected chi connectivity index (χ4v) is 2.10. The lowest BCUT2D eigenvalue weighted by Gasteiger charge is -2.18. The SMILES string of the molecule is CN(Cc1ccccc1C(N)=NO)Cc1nccn1C. The lowest BCUT2D eigenvalue weighted by molar-refractivity contribution is 0.306. The first-order valence-corrected chi connectivity index (χ1v) is 6.32. The normalized spacial score (nSPS) is 12.1. The van der Waals surface area contributed by atoms with Gasteiger partial charge in [0.2, 0.25) is 0 Å². The summed E-state index contributed by atoms with van der Waals surface area (Å²) in [6, 6.07) is 7.63. The molecule has 0 amide bonds. The molecule has 0 saturated carbocycles. The molecular formula is C14H19N5O. The Morgan fingerprint density at radius 3 is 2.80 bits per heavy atom. The molecular weight excluding hydrogens is 254 g/mol. The molecule has 2 rings (SSSR count). The fourth-order valence-electron chi connectivity index (χ4n) is 2.10. The zero-order valence-electron chi connectivity index (χ0n) is 11.7. The predicted octanol–water partition coefficient (Wildman–Crippen LogP) is 1.15. The van der Waals surface area contributed by atoms with Crippen LogP contribution >= 0.6 is 0 Å². The summed E-state index contributed by atoms with van der Waals surface area (Å²) in [6.07, 6.45) is 3.71. The fraction of sp³-hybridized carbons (Fsp3) is 0.286. The molecule has 20 heavy (non-hydrogen) atoms. The van der Waals surface area contributed by atoms with E-state index in [2.05, 4.69) is 15.0 Å². The molecule has 0 aliphatic rings. The average Bonchev–Trinajstić information content (AvgIpc) is 2.84. The maximum atomic E-state index is 8.83. The largest absolute Gasteiger partial charge is 0.409 e. The number of nitrogens with zero attached hydrogens (tertiary/aromatic N) is 4. The minimum absolute atomic E-state index is 0.131. The number of nitrogens with two attached hydrogens (primary N) is 1. The maximum absolute atomic E-state index is 8.83. The van der Waals surface area contributed by atoms with E-state index in [-0.39, 0.29) is 5.84 Å². The Kier molecular flexibility index (Phi) is 4.37. The Labute approximate surface area is 118 Å². The van der Waals surface area contributed by atoms with E-state index in [1.54, 1.807) is 6.20 Å². The zero-order valence-corrected chi connectivity index (χ0v) is 11.7. The van der Waals surface area contributed by atoms with Gasteiger partial charge in [0.25, 0.3) is 0 Å². The molecule has 0 bridgehead atoms. The van der Waals surface area contributed by atoms with Gasteiger partial charge in [-0.05, 0) is 12.6 Å². The molecule has 2 aromatic rings. The molecule has 6 nitrogen and oxygen atoms in total. The number of aromatic nitrogens is 2. The molecule has 106 valence electrons. The van der Waals surface area contributed by atoms with E-state index in [9.17, 15) is 0 Å². The Morgan fingerprint density at radius 2 is 2.15 bits per heavy atom. The third-order valence-corrected chi connectivity index (χ3v) is 3.17. The summed E-state index contributed by atoms with van der Waals surface area (Å²) in [6.45, 7) is 1.42. The van der Waals surface area contributed by atoms with Crippen molar-refractivity contribution in [2.24, 2.45) is 17.9 Å². The minimum Gasteiger partial charge on any atom is -0.409 e. The molecule has 0 aliphatic carbocycles. The first kappa shape index (κ1) is 14.1. The number of aryl methyl sites for hydroxylation is 1. The minimum atomic E-state index is 0.131. The van der Waals surface area contributed by atoms with Gasteiger partial charge in [0.1, 0.15) is 5.82 Å². The van der Waals surface area contributed by atoms with Gasteiger partial charge in [0.05, 0.1) is 6.54 Å². The third kappa shape index (κ3) is 3.16. The van der Waals surface area contributed by atoms with Crippen LogP contribution < -0.4 is 5.73 Å². The van der Waals surface area contributed by atoms with Gasteiger partial charge in [-0.3, -0.25) is 4.90 Å². The highest BCUT2D eigenvalue weighted by Gasteiger charge is 2.10. The molecule has 0 unspecified atom stereocenters. The van der Waals surface area contributed by atoms with Crippen molar-refractivity contribution in [3.8, 4) is 0 Å². The third-order valence-electron chi connectivity index (χ3n) is 3.17. The Balaban J connectivity index is 2.12. The van der Waals surface area contributed by atoms with Crippen LogP contribution in [-0.2, 0) is 20.1 Å². The van der Waals surface area contributed by atoms with Gasteiger partial charge in [-0.1, -0.05) is 29.4 Å². The highest BCUT2D eigenvalue weighted by atomic mass is 16.4. The second kappa shape index (κ2) is 6.21. The number of rotatable bonds is 5. The van der Waals surface area contributed by atoms with Gasteiger partial charge < -0.3 is 15.5 Å². The van der Waals surface area contributed by atoms with Crippen LogP contribution in [0.15, 0.2) is 41.8 Å². The Bertz CT molecular complexity index is 605. The highest BCUT2D eigenvalue weighted by Crippen LogP contribution is 2.12. The summed E-state index contributed by atoms with van der Waals surface area (Å²) in [4.78, 5) is 6.43. The quantitative estimate of drug-likeness (QED) is 0.370. The summed E-state index contributed by atoms with van der Waals surface area (Å²) in [7, 11) is 3.98. The van der Waals surface area contributed by atoms with Gasteiger partial charge in [0, 0.05) is 31.5 Å². The van der Waals surface area contributed by atoms with Crippen molar-refractivity contribution in [3.63, 3.8) is 0 Å². The molecule has 1 aromatic carbocycles. The van der Waals surface area contributed by atoms with E-state index >= 15 is 0 Å². The van der Waals surface area contributed by atoms with Crippen LogP contribution in [0.3, 0.4) is 0 Å². The van der Waals surface area contributed by atoms with Crippen molar-refractivity contribution in [2.75, 3.05) is 7.05 Å². The van der Waals surface area contributed by atoms with Crippen molar-refractivity contribution in [2.45, 2.75) is 13.1 Å². The van der Waals surface area contributed by atoms with E-state index in [0.717, 1.165) is 23.5 Å². The summed E-state index contributed by atoms with van der Waals surface area (Å²) in [5.74, 6) is 1.12. The molecule has 0 saturated heterocycles. The number of imidazole rings is 1. The van der Waals surface area contributed by atoms with E-state index in [4.69, 9.17) is 10.9 Å². The summed E-state index contributed by atoms with van der Waals surface area (Å²) in [5.41, 5.74) is 7.46. The average molecular weight is 273 g/mol. The van der Waals surface area contributed by atoms with E-state index in [1.165, 1.54) is 0 Å². The van der Waals surface area contributed by atoms with Gasteiger partial charge in [-0.2, -0.15) is 0 Å². The number of oxime groups is 1. The number of benzene rings is 1. The maximum Gasteiger partial charge on any atom is 0.170 e. The lowest BCUT2D eigenvalue weighted by Crippen LogP contribution is -2.22. The Hall–Kier alpha value is -2.34. The standard InChI is InChI=1S/C14H19N5O/c1-18(10-13-16-7-8-19(13)2)9-11-5-3-4-6-12(11)14(15)17-20/h3-8,20H,9-10H2,1-2H3,(H2,15,17). The predicted molar refractivity (Wildman–Crippen MR) is 77.3 cm³/mol. The molecule has 0 fully saturated rings. The van der Waals surface area contributed by atoms with E-state index in [0.29, 0.717) is 6.54 Å². The van der Waals surface area contributed by atoms with E-state index < -0.39 is 0 Å².